The Balaban J connectivity index is 0.687. The van der Waals surface area contributed by atoms with Crippen molar-refractivity contribution in [2.75, 3.05) is 33.0 Å². The van der Waals surface area contributed by atoms with Gasteiger partial charge in [0.2, 0.25) is 0 Å². The molecular weight excluding hydrogens is 1380 g/mol. The molecule has 9 saturated heterocycles. The molecule has 9 aliphatic heterocycles. The van der Waals surface area contributed by atoms with Gasteiger partial charge in [0.15, 0.2) is 49.8 Å². The highest BCUT2D eigenvalue weighted by Crippen LogP contribution is 2.71. The molecule has 9 heterocycles. The van der Waals surface area contributed by atoms with Crippen LogP contribution < -0.4 is 0 Å². The molecule has 35 heteroatoms. The summed E-state index contributed by atoms with van der Waals surface area (Å²) in [6.45, 7) is 9.94. The minimum Gasteiger partial charge on any atom is -0.394 e. The third kappa shape index (κ3) is 14.2. The maximum Gasteiger partial charge on any atom is 0.187 e. The number of hydrogen-bond donors (Lipinski definition) is 18. The van der Waals surface area contributed by atoms with Crippen LogP contribution in [0.4, 0.5) is 0 Å². The number of ether oxygens (including phenoxy) is 16. The van der Waals surface area contributed by atoms with E-state index in [9.17, 15) is 96.7 Å². The first-order chi connectivity index (χ1) is 48.8. The number of fused-ring (bicyclic) bond motifs is 7. The summed E-state index contributed by atoms with van der Waals surface area (Å²) in [7, 11) is 0. The van der Waals surface area contributed by atoms with Crippen molar-refractivity contribution in [3.8, 4) is 0 Å². The van der Waals surface area contributed by atoms with E-state index < -0.39 is 253 Å². The van der Waals surface area contributed by atoms with E-state index in [0.29, 0.717) is 43.5 Å². The first-order valence-electron chi connectivity index (χ1n) is 36.8. The summed E-state index contributed by atoms with van der Waals surface area (Å²) in [5, 5.41) is 202. The molecule has 7 unspecified atom stereocenters. The van der Waals surface area contributed by atoms with Crippen LogP contribution in [0.25, 0.3) is 0 Å². The quantitative estimate of drug-likeness (QED) is 0.0602. The summed E-state index contributed by atoms with van der Waals surface area (Å²) in [5.41, 5.74) is -0.707. The normalized spacial score (nSPS) is 57.6. The number of aliphatic hydroxyl groups excluding tert-OH is 18. The fraction of sp³-hybridized carbons (Fsp3) is 0.985. The smallest absolute Gasteiger partial charge is 0.187 e. The molecule has 46 atom stereocenters. The molecule has 0 amide bonds. The highest BCUT2D eigenvalue weighted by atomic mass is 16.8. The van der Waals surface area contributed by atoms with Crippen molar-refractivity contribution in [3.05, 3.63) is 0 Å². The van der Waals surface area contributed by atoms with Gasteiger partial charge in [-0.3, -0.25) is 4.79 Å². The van der Waals surface area contributed by atoms with Gasteiger partial charge in [-0.05, 0) is 101 Å². The molecule has 103 heavy (non-hydrogen) atoms. The molecule has 4 saturated carbocycles. The summed E-state index contributed by atoms with van der Waals surface area (Å²) in [6, 6.07) is 0. The lowest BCUT2D eigenvalue weighted by molar-refractivity contribution is -0.416. The second-order valence-electron chi connectivity index (χ2n) is 32.1. The molecule has 0 aromatic heterocycles. The SMILES string of the molecule is CC1C2C(CC3C4CC[C@H]5C[C@@H](O[C@@H]6O[C@H](CO)[C@H](O[C@H]7O[C@H](CO)[C@@H](O[C@@H]8O[C@H](CO)[C@@H](O)[C@H](O[C@@H]9O[C@@H](C)[C@H](O[C@H]%10O[C@@H](C)[C@H](O)[C@@H](O)[C@H]%10O)[C@@H](O)[C@H]9O[C@H]9O[C@@H](C)[C@H](O)[C@@H](O)[C@H]9O)[C@H]8O[C@H]8OC[C@@H](O)[C@H](O)[C@H]8O)[C@H](O)[C@H]7O)[C@H](O)[C@H]6O)CC[C@]5(C)C4CC(=O)[C@@]32C)OC12CC[C@@H](C)CO2. The van der Waals surface area contributed by atoms with Crippen molar-refractivity contribution >= 4 is 5.78 Å². The van der Waals surface area contributed by atoms with Crippen molar-refractivity contribution < 1.29 is 173 Å². The van der Waals surface area contributed by atoms with Gasteiger partial charge in [0.25, 0.3) is 0 Å². The predicted octanol–water partition coefficient (Wildman–Crippen LogP) is -6.54. The lowest BCUT2D eigenvalue weighted by Gasteiger charge is -2.60. The second-order valence-corrected chi connectivity index (χ2v) is 32.1. The van der Waals surface area contributed by atoms with Crippen molar-refractivity contribution in [2.45, 2.75) is 333 Å². The average Bonchev–Trinajstić information content (AvgIpc) is 1.60. The Morgan fingerprint density at radius 3 is 1.52 bits per heavy atom. The highest BCUT2D eigenvalue weighted by molar-refractivity contribution is 5.87. The summed E-state index contributed by atoms with van der Waals surface area (Å²) in [6.07, 6.45) is -56.3. The summed E-state index contributed by atoms with van der Waals surface area (Å²) >= 11 is 0. The maximum absolute atomic E-state index is 14.8. The maximum atomic E-state index is 14.8. The zero-order valence-corrected chi connectivity index (χ0v) is 58.7. The van der Waals surface area contributed by atoms with Crippen LogP contribution in [0.1, 0.15) is 106 Å². The van der Waals surface area contributed by atoms with E-state index in [4.69, 9.17) is 75.8 Å². The van der Waals surface area contributed by atoms with Crippen LogP contribution in [0.3, 0.4) is 0 Å². The van der Waals surface area contributed by atoms with E-state index in [1.807, 2.05) is 0 Å². The Morgan fingerprint density at radius 2 is 0.932 bits per heavy atom. The van der Waals surface area contributed by atoms with Crippen LogP contribution in [-0.4, -0.2) is 358 Å². The Morgan fingerprint density at radius 1 is 0.427 bits per heavy atom. The van der Waals surface area contributed by atoms with Gasteiger partial charge in [0.1, 0.15) is 152 Å². The molecule has 0 aromatic rings. The lowest BCUT2D eigenvalue weighted by atomic mass is 9.44. The first-order valence-corrected chi connectivity index (χ1v) is 36.8. The minimum absolute atomic E-state index is 0.0444. The number of aliphatic hydroxyl groups is 18. The third-order valence-corrected chi connectivity index (χ3v) is 26.1. The Hall–Kier alpha value is -1.69. The second kappa shape index (κ2) is 31.1. The Bertz CT molecular complexity index is 2830. The molecule has 1 spiro atoms. The molecule has 0 radical (unpaired) electrons. The fourth-order valence-electron chi connectivity index (χ4n) is 19.9. The Kier molecular flexibility index (Phi) is 24.0. The van der Waals surface area contributed by atoms with Gasteiger partial charge in [0.05, 0.1) is 63.6 Å². The minimum atomic E-state index is -2.21. The Labute approximate surface area is 594 Å². The molecule has 35 nitrogen and oxygen atoms in total. The van der Waals surface area contributed by atoms with Crippen LogP contribution in [-0.2, 0) is 80.6 Å². The third-order valence-electron chi connectivity index (χ3n) is 26.1. The molecule has 592 valence electrons. The zero-order chi connectivity index (χ0) is 74.1. The fourth-order valence-corrected chi connectivity index (χ4v) is 19.9. The van der Waals surface area contributed by atoms with E-state index in [2.05, 4.69) is 27.7 Å². The molecule has 0 aromatic carbocycles. The van der Waals surface area contributed by atoms with Crippen LogP contribution in [0, 0.1) is 52.3 Å². The van der Waals surface area contributed by atoms with Crippen LogP contribution in [0.15, 0.2) is 0 Å². The molecular formula is C68H110O35. The molecule has 4 aliphatic carbocycles. The van der Waals surface area contributed by atoms with Crippen LogP contribution >= 0.6 is 0 Å². The molecule has 13 aliphatic rings. The number of hydrogen-bond acceptors (Lipinski definition) is 35. The number of carbonyl (C=O) groups excluding carboxylic acids is 1. The van der Waals surface area contributed by atoms with E-state index in [1.54, 1.807) is 0 Å². The summed E-state index contributed by atoms with van der Waals surface area (Å²) < 4.78 is 98.3. The van der Waals surface area contributed by atoms with Crippen molar-refractivity contribution in [1.29, 1.82) is 0 Å². The highest BCUT2D eigenvalue weighted by Gasteiger charge is 2.72. The van der Waals surface area contributed by atoms with Gasteiger partial charge in [-0.25, -0.2) is 0 Å². The predicted molar refractivity (Wildman–Crippen MR) is 336 cm³/mol. The van der Waals surface area contributed by atoms with Gasteiger partial charge >= 0.3 is 0 Å². The van der Waals surface area contributed by atoms with E-state index in [-0.39, 0.29) is 41.1 Å². The number of Topliss-reactive ketones (excluding diaryl/α,β-unsaturated/α-hetero) is 1. The van der Waals surface area contributed by atoms with Crippen molar-refractivity contribution in [2.24, 2.45) is 52.3 Å². The monoisotopic (exact) mass is 1490 g/mol. The first kappa shape index (κ1) is 79.4. The van der Waals surface area contributed by atoms with Crippen LogP contribution in [0.5, 0.6) is 0 Å². The average molecular weight is 1490 g/mol. The molecule has 13 fully saturated rings. The van der Waals surface area contributed by atoms with Crippen molar-refractivity contribution in [3.63, 3.8) is 0 Å². The van der Waals surface area contributed by atoms with E-state index >= 15 is 0 Å². The van der Waals surface area contributed by atoms with Gasteiger partial charge in [-0.1, -0.05) is 27.7 Å². The largest absolute Gasteiger partial charge is 0.394 e. The van der Waals surface area contributed by atoms with E-state index in [1.165, 1.54) is 20.8 Å². The number of carbonyl (C=O) groups is 1. The van der Waals surface area contributed by atoms with Crippen molar-refractivity contribution in [1.82, 2.24) is 0 Å². The zero-order valence-electron chi connectivity index (χ0n) is 58.7. The summed E-state index contributed by atoms with van der Waals surface area (Å²) in [4.78, 5) is 14.8. The molecule has 0 bridgehead atoms. The van der Waals surface area contributed by atoms with Gasteiger partial charge in [0, 0.05) is 30.1 Å². The lowest BCUT2D eigenvalue weighted by Crippen LogP contribution is -2.69. The number of rotatable bonds is 17. The van der Waals surface area contributed by atoms with Crippen LogP contribution in [0.2, 0.25) is 0 Å². The molecule has 13 rings (SSSR count). The topological polar surface area (TPSA) is 529 Å². The van der Waals surface area contributed by atoms with Gasteiger partial charge in [-0.15, -0.1) is 0 Å². The standard InChI is InChI=1S/C68H110O35/c1-22-10-13-68(89-20-22)23(2)38-33(103-68)15-31-29-9-8-27-14-28(11-12-66(27,6)30(29)16-37(73)67(31,38)7)93-62-50(85)45(80)54(35(18-70)95-62)98-63-51(86)46(81)55(36(19-71)96-63)99-65-58(102-59-47(82)41(76)32(72)21-88-59)56(42(77)34(17-69)94-65)100-64-57(101-61-49(84)44(79)40(75)25(4)91-61)52(87)53(26(5)92-64)97-60-48(83)43(78)39(74)24(3)90-60/h22-36,38-65,69-72,74-87H,8-21H2,1-7H3/t22-,23?,24+,25+,26+,27+,28+,29?,30?,31?,32-,33?,34-,35-,36-,38?,39+,40+,41+,42-,43-,44-,45-,46-,47-,48-,49-,50-,51-,52-,53+,54+,55-,56+,57-,58-,59-,60-,61-,62-,63-,64+,65+,66+,67-,68?/m1/s1. The number of ketones is 1. The molecule has 18 N–H and O–H groups in total. The summed E-state index contributed by atoms with van der Waals surface area (Å²) in [5.74, 6) is 1.10. The van der Waals surface area contributed by atoms with Gasteiger partial charge in [-0.2, -0.15) is 0 Å². The van der Waals surface area contributed by atoms with Gasteiger partial charge < -0.3 is 168 Å². The van der Waals surface area contributed by atoms with E-state index in [0.717, 1.165) is 38.5 Å².